The second-order valence-corrected chi connectivity index (χ2v) is 11.6. The summed E-state index contributed by atoms with van der Waals surface area (Å²) in [6.45, 7) is 23.7. The fourth-order valence-electron chi connectivity index (χ4n) is 4.29. The highest BCUT2D eigenvalue weighted by molar-refractivity contribution is 9.10. The maximum absolute atomic E-state index is 8.00. The highest BCUT2D eigenvalue weighted by Crippen LogP contribution is 2.28. The first-order chi connectivity index (χ1) is 19.5. The second-order valence-electron chi connectivity index (χ2n) is 10.8. The number of hydrogen-bond acceptors (Lipinski definition) is 3. The number of benzene rings is 2. The summed E-state index contributed by atoms with van der Waals surface area (Å²) < 4.78 is 2.93. The van der Waals surface area contributed by atoms with Crippen LogP contribution < -0.4 is 0 Å². The first kappa shape index (κ1) is 40.8. The molecule has 1 unspecified atom stereocenters. The molecule has 1 atom stereocenters. The highest BCUT2D eigenvalue weighted by atomic mass is 79.9. The molecule has 230 valence electrons. The van der Waals surface area contributed by atoms with E-state index < -0.39 is 0 Å². The summed E-state index contributed by atoms with van der Waals surface area (Å²) in [5.74, 6) is 0.861. The smallest absolute Gasteiger partial charge is 0.106 e. The SMILES string of the molecule is C.C=C(/C=C(/C)n1ncc(Br)c1C)c1ccccc1C.C=O.C=O.CCCC(C)CCC(C)(C)/C=C/c1ccccc1. The number of carbonyl (C=O) groups excluding carboxylic acids is 2. The fourth-order valence-corrected chi connectivity index (χ4v) is 4.55. The summed E-state index contributed by atoms with van der Waals surface area (Å²) in [5, 5.41) is 4.34. The van der Waals surface area contributed by atoms with Crippen molar-refractivity contribution in [3.05, 3.63) is 106 Å². The largest absolute Gasteiger partial charge is 0.307 e. The van der Waals surface area contributed by atoms with E-state index in [2.05, 4.69) is 123 Å². The normalized spacial score (nSPS) is 11.5. The lowest BCUT2D eigenvalue weighted by molar-refractivity contribution is -0.0987. The maximum atomic E-state index is 8.00. The van der Waals surface area contributed by atoms with Crippen LogP contribution in [0.25, 0.3) is 17.3 Å². The summed E-state index contributed by atoms with van der Waals surface area (Å²) in [6.07, 6.45) is 13.8. The van der Waals surface area contributed by atoms with Crippen molar-refractivity contribution in [1.82, 2.24) is 9.78 Å². The first-order valence-electron chi connectivity index (χ1n) is 14.0. The third kappa shape index (κ3) is 15.1. The van der Waals surface area contributed by atoms with Gasteiger partial charge in [-0.25, -0.2) is 4.68 Å². The molecule has 42 heavy (non-hydrogen) atoms. The van der Waals surface area contributed by atoms with Gasteiger partial charge < -0.3 is 9.59 Å². The van der Waals surface area contributed by atoms with Crippen molar-refractivity contribution in [3.8, 4) is 0 Å². The van der Waals surface area contributed by atoms with Crippen LogP contribution in [-0.4, -0.2) is 23.4 Å². The fraction of sp³-hybridized carbons (Fsp3) is 0.378. The molecule has 1 heterocycles. The molecule has 0 radical (unpaired) electrons. The van der Waals surface area contributed by atoms with Crippen LogP contribution >= 0.6 is 15.9 Å². The molecule has 5 heteroatoms. The predicted molar refractivity (Wildman–Crippen MR) is 188 cm³/mol. The molecule has 0 fully saturated rings. The number of carbonyl (C=O) groups is 2. The van der Waals surface area contributed by atoms with Gasteiger partial charge in [0, 0.05) is 5.70 Å². The van der Waals surface area contributed by atoms with E-state index in [1.807, 2.05) is 50.4 Å². The Balaban J connectivity index is 0. The Kier molecular flexibility index (Phi) is 21.7. The molecule has 1 aromatic heterocycles. The van der Waals surface area contributed by atoms with Crippen LogP contribution in [0.15, 0.2) is 84.0 Å². The van der Waals surface area contributed by atoms with Gasteiger partial charge in [-0.1, -0.05) is 121 Å². The molecule has 3 aromatic rings. The highest BCUT2D eigenvalue weighted by Gasteiger charge is 2.15. The van der Waals surface area contributed by atoms with Crippen molar-refractivity contribution in [2.24, 2.45) is 11.3 Å². The van der Waals surface area contributed by atoms with E-state index in [0.29, 0.717) is 5.41 Å². The van der Waals surface area contributed by atoms with Gasteiger partial charge >= 0.3 is 0 Å². The summed E-state index contributed by atoms with van der Waals surface area (Å²) in [4.78, 5) is 16.0. The lowest BCUT2D eigenvalue weighted by atomic mass is 9.83. The van der Waals surface area contributed by atoms with E-state index in [0.717, 1.165) is 27.4 Å². The Morgan fingerprint density at radius 2 is 1.57 bits per heavy atom. The minimum Gasteiger partial charge on any atom is -0.307 e. The molecule has 0 aliphatic heterocycles. The van der Waals surface area contributed by atoms with Gasteiger partial charge in [0.1, 0.15) is 13.6 Å². The number of allylic oxidation sites excluding steroid dienone is 4. The zero-order chi connectivity index (χ0) is 31.4. The Bertz CT molecular complexity index is 1220. The Morgan fingerprint density at radius 1 is 1.00 bits per heavy atom. The maximum Gasteiger partial charge on any atom is 0.106 e. The second kappa shape index (κ2) is 22.3. The molecule has 2 aromatic carbocycles. The molecule has 4 nitrogen and oxygen atoms in total. The standard InChI is InChI=1S/C18H28.C16H17BrN2.2CH2O.CH4/c1-5-9-16(2)12-14-18(3,4)15-13-17-10-7-6-8-11-17;1-11-7-5-6-8-15(11)12(2)9-13(3)19-14(4)16(17)10-18-19;2*1-2;/h6-8,10-11,13,15-16H,5,9,12,14H2,1-4H3;5-10H,2H2,1,3-4H3;2*1H2;1H4/b15-13+;13-9-;;;. The van der Waals surface area contributed by atoms with Crippen LogP contribution in [0.2, 0.25) is 0 Å². The van der Waals surface area contributed by atoms with Gasteiger partial charge in [0.05, 0.1) is 16.4 Å². The summed E-state index contributed by atoms with van der Waals surface area (Å²) in [7, 11) is 0. The van der Waals surface area contributed by atoms with Crippen LogP contribution in [0.5, 0.6) is 0 Å². The van der Waals surface area contributed by atoms with Gasteiger partial charge in [0.2, 0.25) is 0 Å². The monoisotopic (exact) mass is 636 g/mol. The summed E-state index contributed by atoms with van der Waals surface area (Å²) in [5.41, 5.74) is 7.15. The summed E-state index contributed by atoms with van der Waals surface area (Å²) in [6, 6.07) is 18.8. The predicted octanol–water partition coefficient (Wildman–Crippen LogP) is 11.0. The molecule has 0 aliphatic carbocycles. The number of hydrogen-bond donors (Lipinski definition) is 0. The summed E-state index contributed by atoms with van der Waals surface area (Å²) >= 11 is 3.47. The van der Waals surface area contributed by atoms with E-state index in [-0.39, 0.29) is 7.43 Å². The Hall–Kier alpha value is -3.31. The molecular formula is C37H53BrN2O2. The molecule has 0 aliphatic rings. The van der Waals surface area contributed by atoms with Gasteiger partial charge in [-0.3, -0.25) is 0 Å². The molecule has 0 N–H and O–H groups in total. The molecular weight excluding hydrogens is 584 g/mol. The van der Waals surface area contributed by atoms with Crippen LogP contribution in [0.3, 0.4) is 0 Å². The van der Waals surface area contributed by atoms with Gasteiger partial charge in [-0.15, -0.1) is 0 Å². The number of rotatable bonds is 10. The van der Waals surface area contributed by atoms with E-state index in [9.17, 15) is 0 Å². The van der Waals surface area contributed by atoms with Gasteiger partial charge in [0.25, 0.3) is 0 Å². The number of aryl methyl sites for hydroxylation is 1. The first-order valence-corrected chi connectivity index (χ1v) is 14.8. The number of nitrogens with zero attached hydrogens (tertiary/aromatic N) is 2. The van der Waals surface area contributed by atoms with Crippen LogP contribution in [0.4, 0.5) is 0 Å². The number of aromatic nitrogens is 2. The Labute approximate surface area is 264 Å². The van der Waals surface area contributed by atoms with E-state index >= 15 is 0 Å². The lowest BCUT2D eigenvalue weighted by Gasteiger charge is -2.22. The van der Waals surface area contributed by atoms with Gasteiger partial charge in [-0.2, -0.15) is 5.10 Å². The van der Waals surface area contributed by atoms with Crippen molar-refractivity contribution in [3.63, 3.8) is 0 Å². The topological polar surface area (TPSA) is 52.0 Å². The third-order valence-corrected chi connectivity index (χ3v) is 7.53. The minimum absolute atomic E-state index is 0. The van der Waals surface area contributed by atoms with Gasteiger partial charge in [-0.05, 0) is 89.2 Å². The Morgan fingerprint density at radius 3 is 2.10 bits per heavy atom. The average molecular weight is 638 g/mol. The van der Waals surface area contributed by atoms with Crippen molar-refractivity contribution in [2.75, 3.05) is 0 Å². The molecule has 0 saturated carbocycles. The average Bonchev–Trinajstić information content (AvgIpc) is 3.32. The van der Waals surface area contributed by atoms with Crippen LogP contribution in [0.1, 0.15) is 90.1 Å². The quantitative estimate of drug-likeness (QED) is 0.208. The lowest BCUT2D eigenvalue weighted by Crippen LogP contribution is -2.09. The molecule has 3 rings (SSSR count). The molecule has 0 amide bonds. The molecule has 0 spiro atoms. The van der Waals surface area contributed by atoms with E-state index in [1.165, 1.54) is 42.4 Å². The van der Waals surface area contributed by atoms with Crippen LogP contribution in [0, 0.1) is 25.2 Å². The zero-order valence-electron chi connectivity index (χ0n) is 26.1. The minimum atomic E-state index is 0. The molecule has 0 saturated heterocycles. The van der Waals surface area contributed by atoms with E-state index in [1.54, 1.807) is 0 Å². The number of halogens is 1. The zero-order valence-corrected chi connectivity index (χ0v) is 27.7. The van der Waals surface area contributed by atoms with Gasteiger partial charge in [0.15, 0.2) is 0 Å². The van der Waals surface area contributed by atoms with Crippen molar-refractivity contribution >= 4 is 46.9 Å². The van der Waals surface area contributed by atoms with Crippen molar-refractivity contribution in [2.45, 2.75) is 81.6 Å². The third-order valence-electron chi connectivity index (χ3n) is 6.75. The van der Waals surface area contributed by atoms with Crippen LogP contribution in [-0.2, 0) is 9.59 Å². The molecule has 0 bridgehead atoms. The van der Waals surface area contributed by atoms with E-state index in [4.69, 9.17) is 9.59 Å². The van der Waals surface area contributed by atoms with Crippen molar-refractivity contribution < 1.29 is 9.59 Å². The van der Waals surface area contributed by atoms with Crippen molar-refractivity contribution in [1.29, 1.82) is 0 Å².